The first-order valence-corrected chi connectivity index (χ1v) is 4.05. The number of hydrogen-bond donors (Lipinski definition) is 1. The van der Waals surface area contributed by atoms with Gasteiger partial charge in [-0.2, -0.15) is 0 Å². The normalized spacial score (nSPS) is 9.45. The fourth-order valence-corrected chi connectivity index (χ4v) is 0.782. The molecule has 0 bridgehead atoms. The molecule has 0 fully saturated rings. The smallest absolute Gasteiger partial charge is 0.0474 e. The Bertz CT molecular complexity index is 107. The number of unbranched alkanes of at least 4 members (excludes halogenated alkanes) is 1. The zero-order valence-corrected chi connectivity index (χ0v) is 7.23. The Kier molecular flexibility index (Phi) is 9.03. The molecule has 0 amide bonds. The van der Waals surface area contributed by atoms with Gasteiger partial charge >= 0.3 is 0 Å². The van der Waals surface area contributed by atoms with Crippen LogP contribution < -0.4 is 5.32 Å². The van der Waals surface area contributed by atoms with Crippen LogP contribution in [0.1, 0.15) is 19.3 Å². The Hall–Kier alpha value is -0.520. The fraction of sp³-hybridized carbons (Fsp3) is 0.778. The molecule has 0 aliphatic carbocycles. The molecule has 0 radical (unpaired) electrons. The first-order valence-electron chi connectivity index (χ1n) is 4.05. The van der Waals surface area contributed by atoms with Gasteiger partial charge in [-0.25, -0.2) is 0 Å². The third-order valence-corrected chi connectivity index (χ3v) is 1.38. The molecule has 0 atom stereocenters. The molecule has 1 N–H and O–H groups in total. The van der Waals surface area contributed by atoms with E-state index in [1.807, 2.05) is 0 Å². The van der Waals surface area contributed by atoms with Crippen molar-refractivity contribution in [1.82, 2.24) is 5.32 Å². The highest BCUT2D eigenvalue weighted by Gasteiger charge is 1.86. The van der Waals surface area contributed by atoms with Gasteiger partial charge < -0.3 is 10.1 Å². The Morgan fingerprint density at radius 2 is 2.09 bits per heavy atom. The Balaban J connectivity index is 2.75. The van der Waals surface area contributed by atoms with Crippen LogP contribution in [0.2, 0.25) is 0 Å². The third-order valence-electron chi connectivity index (χ3n) is 1.38. The average molecular weight is 155 g/mol. The molecular formula is C9H17NO. The number of terminal acetylenes is 1. The van der Waals surface area contributed by atoms with Crippen LogP contribution in [0.25, 0.3) is 0 Å². The Morgan fingerprint density at radius 1 is 1.36 bits per heavy atom. The standard InChI is InChI=1S/C9H17NO/c1-3-4-5-7-10-8-6-9-11-2/h1,10H,4-9H2,2H3. The van der Waals surface area contributed by atoms with E-state index in [0.29, 0.717) is 0 Å². The summed E-state index contributed by atoms with van der Waals surface area (Å²) < 4.78 is 4.90. The molecule has 2 heteroatoms. The maximum Gasteiger partial charge on any atom is 0.0474 e. The van der Waals surface area contributed by atoms with Gasteiger partial charge in [0.15, 0.2) is 0 Å². The van der Waals surface area contributed by atoms with Crippen LogP contribution in [0, 0.1) is 12.3 Å². The van der Waals surface area contributed by atoms with E-state index in [4.69, 9.17) is 11.2 Å². The van der Waals surface area contributed by atoms with Crippen molar-refractivity contribution in [3.05, 3.63) is 0 Å². The van der Waals surface area contributed by atoms with Gasteiger partial charge in [-0.15, -0.1) is 12.3 Å². The summed E-state index contributed by atoms with van der Waals surface area (Å²) in [6.07, 6.45) is 8.11. The van der Waals surface area contributed by atoms with Gasteiger partial charge in [-0.05, 0) is 25.9 Å². The molecule has 0 rings (SSSR count). The number of methoxy groups -OCH3 is 1. The van der Waals surface area contributed by atoms with Crippen molar-refractivity contribution in [3.63, 3.8) is 0 Å². The molecule has 64 valence electrons. The first-order chi connectivity index (χ1) is 5.41. The maximum atomic E-state index is 5.09. The van der Waals surface area contributed by atoms with E-state index in [1.54, 1.807) is 7.11 Å². The van der Waals surface area contributed by atoms with E-state index in [-0.39, 0.29) is 0 Å². The zero-order valence-electron chi connectivity index (χ0n) is 7.23. The molecule has 0 spiro atoms. The summed E-state index contributed by atoms with van der Waals surface area (Å²) in [6, 6.07) is 0. The van der Waals surface area contributed by atoms with E-state index in [1.165, 1.54) is 0 Å². The monoisotopic (exact) mass is 155 g/mol. The van der Waals surface area contributed by atoms with Crippen molar-refractivity contribution < 1.29 is 4.74 Å². The van der Waals surface area contributed by atoms with Gasteiger partial charge in [0.25, 0.3) is 0 Å². The highest BCUT2D eigenvalue weighted by Crippen LogP contribution is 1.83. The molecule has 2 nitrogen and oxygen atoms in total. The predicted octanol–water partition coefficient (Wildman–Crippen LogP) is 1.03. The summed E-state index contributed by atoms with van der Waals surface area (Å²) in [6.45, 7) is 2.88. The second-order valence-corrected chi connectivity index (χ2v) is 2.40. The molecule has 0 aromatic carbocycles. The van der Waals surface area contributed by atoms with E-state index in [2.05, 4.69) is 11.2 Å². The van der Waals surface area contributed by atoms with E-state index >= 15 is 0 Å². The lowest BCUT2D eigenvalue weighted by Gasteiger charge is -2.01. The molecule has 0 aliphatic heterocycles. The zero-order chi connectivity index (χ0) is 8.36. The second-order valence-electron chi connectivity index (χ2n) is 2.40. The lowest BCUT2D eigenvalue weighted by molar-refractivity contribution is 0.194. The largest absolute Gasteiger partial charge is 0.385 e. The van der Waals surface area contributed by atoms with Gasteiger partial charge in [0, 0.05) is 20.1 Å². The van der Waals surface area contributed by atoms with Crippen molar-refractivity contribution in [2.24, 2.45) is 0 Å². The molecule has 0 heterocycles. The van der Waals surface area contributed by atoms with Crippen LogP contribution in [0.15, 0.2) is 0 Å². The molecule has 0 saturated carbocycles. The van der Waals surface area contributed by atoms with Gasteiger partial charge in [-0.3, -0.25) is 0 Å². The minimum absolute atomic E-state index is 0.835. The fourth-order valence-electron chi connectivity index (χ4n) is 0.782. The topological polar surface area (TPSA) is 21.3 Å². The summed E-state index contributed by atoms with van der Waals surface area (Å²) >= 11 is 0. The Labute approximate surface area is 69.3 Å². The molecule has 11 heavy (non-hydrogen) atoms. The van der Waals surface area contributed by atoms with Crippen molar-refractivity contribution in [2.45, 2.75) is 19.3 Å². The van der Waals surface area contributed by atoms with Gasteiger partial charge in [0.2, 0.25) is 0 Å². The lowest BCUT2D eigenvalue weighted by Crippen LogP contribution is -2.17. The quantitative estimate of drug-likeness (QED) is 0.438. The summed E-state index contributed by atoms with van der Waals surface area (Å²) in [5, 5.41) is 3.28. The SMILES string of the molecule is C#CCCCNCCCOC. The third kappa shape index (κ3) is 9.48. The minimum atomic E-state index is 0.835. The van der Waals surface area contributed by atoms with Crippen LogP contribution >= 0.6 is 0 Å². The van der Waals surface area contributed by atoms with Crippen LogP contribution in [0.5, 0.6) is 0 Å². The van der Waals surface area contributed by atoms with Crippen molar-refractivity contribution in [3.8, 4) is 12.3 Å². The van der Waals surface area contributed by atoms with Crippen LogP contribution in [-0.2, 0) is 4.74 Å². The second kappa shape index (κ2) is 9.48. The summed E-state index contributed by atoms with van der Waals surface area (Å²) in [4.78, 5) is 0. The molecule has 0 aliphatic rings. The predicted molar refractivity (Wildman–Crippen MR) is 47.4 cm³/mol. The average Bonchev–Trinajstić information content (AvgIpc) is 2.03. The van der Waals surface area contributed by atoms with Gasteiger partial charge in [-0.1, -0.05) is 0 Å². The lowest BCUT2D eigenvalue weighted by atomic mass is 10.3. The van der Waals surface area contributed by atoms with E-state index in [0.717, 1.165) is 39.0 Å². The first kappa shape index (κ1) is 10.5. The molecule has 0 aromatic rings. The minimum Gasteiger partial charge on any atom is -0.385 e. The molecule has 0 saturated heterocycles. The molecule has 0 unspecified atom stereocenters. The number of ether oxygens (including phenoxy) is 1. The molecular weight excluding hydrogens is 138 g/mol. The number of rotatable bonds is 7. The Morgan fingerprint density at radius 3 is 2.73 bits per heavy atom. The van der Waals surface area contributed by atoms with Crippen molar-refractivity contribution >= 4 is 0 Å². The van der Waals surface area contributed by atoms with Crippen molar-refractivity contribution in [2.75, 3.05) is 26.8 Å². The van der Waals surface area contributed by atoms with Gasteiger partial charge in [0.1, 0.15) is 0 Å². The summed E-state index contributed by atoms with van der Waals surface area (Å²) in [5.74, 6) is 2.61. The highest BCUT2D eigenvalue weighted by atomic mass is 16.5. The number of nitrogens with one attached hydrogen (secondary N) is 1. The highest BCUT2D eigenvalue weighted by molar-refractivity contribution is 4.83. The van der Waals surface area contributed by atoms with Gasteiger partial charge in [0.05, 0.1) is 0 Å². The maximum absolute atomic E-state index is 5.09. The van der Waals surface area contributed by atoms with Crippen molar-refractivity contribution in [1.29, 1.82) is 0 Å². The van der Waals surface area contributed by atoms with Crippen LogP contribution in [0.3, 0.4) is 0 Å². The molecule has 0 aromatic heterocycles. The van der Waals surface area contributed by atoms with Crippen LogP contribution in [0.4, 0.5) is 0 Å². The summed E-state index contributed by atoms with van der Waals surface area (Å²) in [5.41, 5.74) is 0. The van der Waals surface area contributed by atoms with E-state index in [9.17, 15) is 0 Å². The summed E-state index contributed by atoms with van der Waals surface area (Å²) in [7, 11) is 1.72. The van der Waals surface area contributed by atoms with E-state index < -0.39 is 0 Å². The van der Waals surface area contributed by atoms with Crippen LogP contribution in [-0.4, -0.2) is 26.8 Å². The number of hydrogen-bond acceptors (Lipinski definition) is 2.